The second-order valence-corrected chi connectivity index (χ2v) is 6.62. The second kappa shape index (κ2) is 9.82. The normalized spacial score (nSPS) is 10.7. The fraction of sp³-hybridized carbons (Fsp3) is 0.176. The first-order valence-electron chi connectivity index (χ1n) is 7.42. The first-order valence-corrected chi connectivity index (χ1v) is 8.97. The van der Waals surface area contributed by atoms with Gasteiger partial charge in [-0.25, -0.2) is 0 Å². The average molecular weight is 417 g/mol. The first kappa shape index (κ1) is 19.8. The minimum Gasteiger partial charge on any atom is -0.486 e. The van der Waals surface area contributed by atoms with Crippen LogP contribution in [0.1, 0.15) is 18.1 Å². The number of rotatable bonds is 6. The number of hydrogen-bond acceptors (Lipinski definition) is 3. The number of thiocarbonyl (C=S) groups is 1. The zero-order valence-corrected chi connectivity index (χ0v) is 16.4. The molecule has 132 valence electrons. The summed E-state index contributed by atoms with van der Waals surface area (Å²) >= 11 is 23.4. The quantitative estimate of drug-likeness (QED) is 0.393. The van der Waals surface area contributed by atoms with Gasteiger partial charge in [0.05, 0.1) is 16.3 Å². The maximum atomic E-state index is 6.27. The summed E-state index contributed by atoms with van der Waals surface area (Å²) in [6, 6.07) is 10.8. The van der Waals surface area contributed by atoms with Crippen molar-refractivity contribution in [1.29, 1.82) is 0 Å². The van der Waals surface area contributed by atoms with Gasteiger partial charge in [0.25, 0.3) is 0 Å². The van der Waals surface area contributed by atoms with E-state index in [1.165, 1.54) is 0 Å². The van der Waals surface area contributed by atoms with Gasteiger partial charge in [-0.3, -0.25) is 5.43 Å². The molecule has 2 N–H and O–H groups in total. The Labute approximate surface area is 167 Å². The summed E-state index contributed by atoms with van der Waals surface area (Å²) in [6.45, 7) is 3.00. The molecule has 0 aliphatic heterocycles. The van der Waals surface area contributed by atoms with Gasteiger partial charge in [-0.1, -0.05) is 46.9 Å². The molecule has 0 atom stereocenters. The van der Waals surface area contributed by atoms with E-state index in [0.29, 0.717) is 32.5 Å². The minimum absolute atomic E-state index is 0.336. The molecule has 25 heavy (non-hydrogen) atoms. The van der Waals surface area contributed by atoms with Crippen molar-refractivity contribution in [3.8, 4) is 5.75 Å². The van der Waals surface area contributed by atoms with Crippen LogP contribution in [-0.2, 0) is 6.61 Å². The number of ether oxygens (including phenoxy) is 1. The molecule has 2 aromatic rings. The van der Waals surface area contributed by atoms with Gasteiger partial charge in [0.1, 0.15) is 6.61 Å². The van der Waals surface area contributed by atoms with Crippen LogP contribution in [0.2, 0.25) is 15.1 Å². The molecule has 4 nitrogen and oxygen atoms in total. The fourth-order valence-electron chi connectivity index (χ4n) is 1.89. The van der Waals surface area contributed by atoms with Crippen molar-refractivity contribution >= 4 is 58.3 Å². The molecule has 0 radical (unpaired) electrons. The summed E-state index contributed by atoms with van der Waals surface area (Å²) in [6.07, 6.45) is 1.57. The summed E-state index contributed by atoms with van der Waals surface area (Å²) in [7, 11) is 0. The maximum Gasteiger partial charge on any atom is 0.186 e. The standard InChI is InChI=1S/C17H16Cl3N3OS/c1-2-21-17(25)23-22-9-12-7-14(19)16(15(20)8-12)24-10-11-3-5-13(18)6-4-11/h3-9H,2,10H2,1H3,(H2,21,23,25). The van der Waals surface area contributed by atoms with Crippen LogP contribution in [0.4, 0.5) is 0 Å². The van der Waals surface area contributed by atoms with Crippen molar-refractivity contribution < 1.29 is 4.74 Å². The van der Waals surface area contributed by atoms with Crippen molar-refractivity contribution in [2.45, 2.75) is 13.5 Å². The van der Waals surface area contributed by atoms with Gasteiger partial charge >= 0.3 is 0 Å². The highest BCUT2D eigenvalue weighted by Gasteiger charge is 2.09. The highest BCUT2D eigenvalue weighted by atomic mass is 35.5. The van der Waals surface area contributed by atoms with E-state index >= 15 is 0 Å². The van der Waals surface area contributed by atoms with Gasteiger partial charge in [-0.2, -0.15) is 5.10 Å². The number of nitrogens with one attached hydrogen (secondary N) is 2. The molecule has 0 amide bonds. The van der Waals surface area contributed by atoms with E-state index in [-0.39, 0.29) is 0 Å². The smallest absolute Gasteiger partial charge is 0.186 e. The van der Waals surface area contributed by atoms with Crippen molar-refractivity contribution in [3.05, 3.63) is 62.6 Å². The monoisotopic (exact) mass is 415 g/mol. The van der Waals surface area contributed by atoms with Crippen LogP contribution in [0.3, 0.4) is 0 Å². The Kier molecular flexibility index (Phi) is 7.78. The number of hydrazone groups is 1. The van der Waals surface area contributed by atoms with E-state index < -0.39 is 0 Å². The topological polar surface area (TPSA) is 45.7 Å². The molecule has 8 heteroatoms. The van der Waals surface area contributed by atoms with Gasteiger partial charge in [0, 0.05) is 11.6 Å². The summed E-state index contributed by atoms with van der Waals surface area (Å²) in [5, 5.41) is 8.87. The average Bonchev–Trinajstić information content (AvgIpc) is 2.56. The molecule has 0 heterocycles. The van der Waals surface area contributed by atoms with Crippen LogP contribution in [0.25, 0.3) is 0 Å². The van der Waals surface area contributed by atoms with Crippen molar-refractivity contribution in [1.82, 2.24) is 10.7 Å². The van der Waals surface area contributed by atoms with E-state index in [4.69, 9.17) is 51.8 Å². The van der Waals surface area contributed by atoms with Gasteiger partial charge in [0.2, 0.25) is 0 Å². The molecule has 0 bridgehead atoms. The van der Waals surface area contributed by atoms with Crippen LogP contribution in [0.5, 0.6) is 5.75 Å². The molecule has 0 aliphatic carbocycles. The summed E-state index contributed by atoms with van der Waals surface area (Å²) < 4.78 is 5.73. The van der Waals surface area contributed by atoms with Crippen molar-refractivity contribution in [2.24, 2.45) is 5.10 Å². The third kappa shape index (κ3) is 6.36. The highest BCUT2D eigenvalue weighted by Crippen LogP contribution is 2.34. The third-order valence-electron chi connectivity index (χ3n) is 3.03. The molecule has 2 rings (SSSR count). The Balaban J connectivity index is 2.02. The third-order valence-corrected chi connectivity index (χ3v) is 4.08. The Bertz CT molecular complexity index is 743. The fourth-order valence-corrected chi connectivity index (χ4v) is 2.83. The zero-order valence-electron chi connectivity index (χ0n) is 13.4. The van der Waals surface area contributed by atoms with Gasteiger partial charge < -0.3 is 10.1 Å². The molecule has 0 aromatic heterocycles. The molecule has 0 spiro atoms. The molecular formula is C17H16Cl3N3OS. The SMILES string of the molecule is CCNC(=S)NN=Cc1cc(Cl)c(OCc2ccc(Cl)cc2)c(Cl)c1. The molecule has 0 saturated heterocycles. The van der Waals surface area contributed by atoms with E-state index in [1.807, 2.05) is 19.1 Å². The lowest BCUT2D eigenvalue weighted by molar-refractivity contribution is 0.306. The predicted octanol–water partition coefficient (Wildman–Crippen LogP) is 5.04. The predicted molar refractivity (Wildman–Crippen MR) is 109 cm³/mol. The lowest BCUT2D eigenvalue weighted by Gasteiger charge is -2.11. The minimum atomic E-state index is 0.336. The summed E-state index contributed by atoms with van der Waals surface area (Å²) in [4.78, 5) is 0. The van der Waals surface area contributed by atoms with Crippen LogP contribution < -0.4 is 15.5 Å². The number of benzene rings is 2. The molecule has 0 aliphatic rings. The largest absolute Gasteiger partial charge is 0.486 e. The van der Waals surface area contributed by atoms with E-state index in [0.717, 1.165) is 17.7 Å². The van der Waals surface area contributed by atoms with Gasteiger partial charge in [-0.15, -0.1) is 0 Å². The van der Waals surface area contributed by atoms with Crippen LogP contribution in [-0.4, -0.2) is 17.9 Å². The molecule has 0 unspecified atom stereocenters. The Morgan fingerprint density at radius 1 is 1.16 bits per heavy atom. The number of nitrogens with zero attached hydrogens (tertiary/aromatic N) is 1. The van der Waals surface area contributed by atoms with Gasteiger partial charge in [0.15, 0.2) is 10.9 Å². The summed E-state index contributed by atoms with van der Waals surface area (Å²) in [5.74, 6) is 0.423. The van der Waals surface area contributed by atoms with E-state index in [9.17, 15) is 0 Å². The second-order valence-electron chi connectivity index (χ2n) is 4.96. The summed E-state index contributed by atoms with van der Waals surface area (Å²) in [5.41, 5.74) is 4.38. The molecule has 2 aromatic carbocycles. The maximum absolute atomic E-state index is 6.27. The van der Waals surface area contributed by atoms with Crippen molar-refractivity contribution in [3.63, 3.8) is 0 Å². The van der Waals surface area contributed by atoms with Crippen molar-refractivity contribution in [2.75, 3.05) is 6.54 Å². The van der Waals surface area contributed by atoms with Gasteiger partial charge in [-0.05, 0) is 54.5 Å². The van der Waals surface area contributed by atoms with Crippen LogP contribution in [0, 0.1) is 0 Å². The number of halogens is 3. The Hall–Kier alpha value is -1.53. The molecule has 0 fully saturated rings. The number of hydrogen-bond donors (Lipinski definition) is 2. The lowest BCUT2D eigenvalue weighted by Crippen LogP contribution is -2.31. The first-order chi connectivity index (χ1) is 12.0. The molecule has 0 saturated carbocycles. The zero-order chi connectivity index (χ0) is 18.2. The van der Waals surface area contributed by atoms with E-state index in [2.05, 4.69) is 15.8 Å². The van der Waals surface area contributed by atoms with Crippen LogP contribution in [0.15, 0.2) is 41.5 Å². The Morgan fingerprint density at radius 3 is 2.40 bits per heavy atom. The lowest BCUT2D eigenvalue weighted by atomic mass is 10.2. The Morgan fingerprint density at radius 2 is 1.80 bits per heavy atom. The molecular weight excluding hydrogens is 401 g/mol. The van der Waals surface area contributed by atoms with E-state index in [1.54, 1.807) is 30.5 Å². The van der Waals surface area contributed by atoms with Crippen LogP contribution >= 0.6 is 47.0 Å². The highest BCUT2D eigenvalue weighted by molar-refractivity contribution is 7.80.